The van der Waals surface area contributed by atoms with Crippen LogP contribution in [0.1, 0.15) is 41.7 Å². The van der Waals surface area contributed by atoms with Crippen LogP contribution in [0.5, 0.6) is 0 Å². The van der Waals surface area contributed by atoms with Crippen LogP contribution in [0.3, 0.4) is 0 Å². The third-order valence-electron chi connectivity index (χ3n) is 3.86. The van der Waals surface area contributed by atoms with E-state index in [2.05, 4.69) is 41.2 Å². The van der Waals surface area contributed by atoms with Crippen LogP contribution in [-0.2, 0) is 0 Å². The Morgan fingerprint density at radius 3 is 1.47 bits per heavy atom. The summed E-state index contributed by atoms with van der Waals surface area (Å²) in [4.78, 5) is 4.74. The Morgan fingerprint density at radius 1 is 0.765 bits per heavy atom. The van der Waals surface area contributed by atoms with Gasteiger partial charge in [0.2, 0.25) is 0 Å². The van der Waals surface area contributed by atoms with E-state index in [9.17, 15) is 0 Å². The zero-order valence-corrected chi connectivity index (χ0v) is 12.2. The zero-order chi connectivity index (χ0) is 13.3. The molecular formula is C16H23N. The molecule has 92 valence electrons. The third kappa shape index (κ3) is 2.49. The highest BCUT2D eigenvalue weighted by atomic mass is 14.8. The molecule has 1 aromatic rings. The Balaban J connectivity index is 3.56. The summed E-state index contributed by atoms with van der Waals surface area (Å²) in [6.45, 7) is 18.8. The quantitative estimate of drug-likeness (QED) is 0.640. The van der Waals surface area contributed by atoms with E-state index >= 15 is 0 Å². The van der Waals surface area contributed by atoms with Gasteiger partial charge in [-0.15, -0.1) is 0 Å². The molecule has 0 unspecified atom stereocenters. The van der Waals surface area contributed by atoms with Crippen molar-refractivity contribution >= 4 is 11.4 Å². The smallest absolute Gasteiger partial charge is 0.0696 e. The summed E-state index contributed by atoms with van der Waals surface area (Å²) < 4.78 is 0. The van der Waals surface area contributed by atoms with Gasteiger partial charge in [0.25, 0.3) is 0 Å². The molecule has 0 bridgehead atoms. The Kier molecular flexibility index (Phi) is 3.92. The van der Waals surface area contributed by atoms with Crippen LogP contribution in [0.15, 0.2) is 17.1 Å². The fourth-order valence-corrected chi connectivity index (χ4v) is 1.91. The predicted octanol–water partition coefficient (Wildman–Crippen LogP) is 4.90. The minimum Gasteiger partial charge on any atom is -0.253 e. The van der Waals surface area contributed by atoms with Crippen LogP contribution in [0, 0.1) is 34.6 Å². The molecule has 0 radical (unpaired) electrons. The van der Waals surface area contributed by atoms with Crippen LogP contribution in [0.4, 0.5) is 5.69 Å². The van der Waals surface area contributed by atoms with Gasteiger partial charge in [0.15, 0.2) is 0 Å². The maximum absolute atomic E-state index is 4.74. The van der Waals surface area contributed by atoms with Crippen molar-refractivity contribution in [1.29, 1.82) is 0 Å². The van der Waals surface area contributed by atoms with E-state index in [1.807, 2.05) is 13.8 Å². The SMILES string of the molecule is C=C(C)/C(C)=N\c1c(C)c(C)c(C)c(C)c1C. The van der Waals surface area contributed by atoms with E-state index in [1.54, 1.807) is 0 Å². The summed E-state index contributed by atoms with van der Waals surface area (Å²) in [5.41, 5.74) is 9.80. The van der Waals surface area contributed by atoms with Crippen LogP contribution in [0.25, 0.3) is 0 Å². The van der Waals surface area contributed by atoms with E-state index < -0.39 is 0 Å². The normalized spacial score (nSPS) is 11.8. The van der Waals surface area contributed by atoms with Gasteiger partial charge in [0.1, 0.15) is 0 Å². The van der Waals surface area contributed by atoms with Crippen molar-refractivity contribution in [2.75, 3.05) is 0 Å². The van der Waals surface area contributed by atoms with Crippen LogP contribution < -0.4 is 0 Å². The molecule has 0 aliphatic carbocycles. The zero-order valence-electron chi connectivity index (χ0n) is 12.2. The molecule has 0 aliphatic rings. The fourth-order valence-electron chi connectivity index (χ4n) is 1.91. The molecule has 0 spiro atoms. The van der Waals surface area contributed by atoms with Gasteiger partial charge in [-0.3, -0.25) is 4.99 Å². The Hall–Kier alpha value is -1.37. The topological polar surface area (TPSA) is 12.4 Å². The summed E-state index contributed by atoms with van der Waals surface area (Å²) in [5.74, 6) is 0. The average Bonchev–Trinajstić information content (AvgIpc) is 2.29. The summed E-state index contributed by atoms with van der Waals surface area (Å²) in [5, 5.41) is 0. The number of hydrogen-bond acceptors (Lipinski definition) is 1. The molecule has 0 heterocycles. The molecular weight excluding hydrogens is 206 g/mol. The summed E-state index contributed by atoms with van der Waals surface area (Å²) >= 11 is 0. The Morgan fingerprint density at radius 2 is 1.12 bits per heavy atom. The second-order valence-electron chi connectivity index (χ2n) is 4.95. The van der Waals surface area contributed by atoms with Gasteiger partial charge in [-0.05, 0) is 81.9 Å². The van der Waals surface area contributed by atoms with E-state index in [4.69, 9.17) is 4.99 Å². The average molecular weight is 229 g/mol. The summed E-state index contributed by atoms with van der Waals surface area (Å²) in [7, 11) is 0. The minimum atomic E-state index is 1.01. The first kappa shape index (κ1) is 13.7. The number of aliphatic imine (C=N–C) groups is 1. The molecule has 1 heteroatoms. The lowest BCUT2D eigenvalue weighted by Gasteiger charge is -2.16. The predicted molar refractivity (Wildman–Crippen MR) is 77.7 cm³/mol. The molecule has 0 N–H and O–H groups in total. The van der Waals surface area contributed by atoms with Gasteiger partial charge in [-0.25, -0.2) is 0 Å². The molecule has 17 heavy (non-hydrogen) atoms. The fraction of sp³-hybridized carbons (Fsp3) is 0.438. The Bertz CT molecular complexity index is 476. The Labute approximate surface area is 105 Å². The largest absolute Gasteiger partial charge is 0.253 e. The molecule has 0 fully saturated rings. The monoisotopic (exact) mass is 229 g/mol. The number of benzene rings is 1. The highest BCUT2D eigenvalue weighted by Gasteiger charge is 2.11. The van der Waals surface area contributed by atoms with Gasteiger partial charge in [-0.2, -0.15) is 0 Å². The number of rotatable bonds is 2. The summed E-state index contributed by atoms with van der Waals surface area (Å²) in [6.07, 6.45) is 0. The molecule has 0 saturated heterocycles. The molecule has 0 atom stereocenters. The first-order chi connectivity index (χ1) is 7.77. The molecule has 1 rings (SSSR count). The molecule has 1 nitrogen and oxygen atoms in total. The van der Waals surface area contributed by atoms with E-state index in [-0.39, 0.29) is 0 Å². The molecule has 1 aromatic carbocycles. The minimum absolute atomic E-state index is 1.01. The number of hydrogen-bond donors (Lipinski definition) is 0. The summed E-state index contributed by atoms with van der Waals surface area (Å²) in [6, 6.07) is 0. The van der Waals surface area contributed by atoms with Crippen LogP contribution in [0.2, 0.25) is 0 Å². The third-order valence-corrected chi connectivity index (χ3v) is 3.86. The molecule has 0 aromatic heterocycles. The first-order valence-corrected chi connectivity index (χ1v) is 6.05. The van der Waals surface area contributed by atoms with Crippen molar-refractivity contribution in [3.05, 3.63) is 40.0 Å². The first-order valence-electron chi connectivity index (χ1n) is 6.05. The maximum atomic E-state index is 4.74. The van der Waals surface area contributed by atoms with Crippen molar-refractivity contribution in [2.45, 2.75) is 48.5 Å². The van der Waals surface area contributed by atoms with Gasteiger partial charge >= 0.3 is 0 Å². The lowest BCUT2D eigenvalue weighted by molar-refractivity contribution is 1.16. The molecule has 0 aliphatic heterocycles. The standard InChI is InChI=1S/C16H23N/c1-9(2)15(8)17-16-13(6)11(4)10(3)12(5)14(16)7/h1H2,2-8H3/b17-15-. The van der Waals surface area contributed by atoms with Gasteiger partial charge in [-0.1, -0.05) is 6.58 Å². The number of allylic oxidation sites excluding steroid dienone is 1. The van der Waals surface area contributed by atoms with Gasteiger partial charge < -0.3 is 0 Å². The van der Waals surface area contributed by atoms with Crippen molar-refractivity contribution < 1.29 is 0 Å². The van der Waals surface area contributed by atoms with E-state index in [0.717, 1.165) is 17.0 Å². The highest BCUT2D eigenvalue weighted by molar-refractivity contribution is 5.99. The van der Waals surface area contributed by atoms with Crippen LogP contribution >= 0.6 is 0 Å². The van der Waals surface area contributed by atoms with Gasteiger partial charge in [0, 0.05) is 5.71 Å². The van der Waals surface area contributed by atoms with Crippen molar-refractivity contribution in [2.24, 2.45) is 4.99 Å². The maximum Gasteiger partial charge on any atom is 0.0696 e. The van der Waals surface area contributed by atoms with E-state index in [1.165, 1.54) is 27.8 Å². The number of nitrogens with zero attached hydrogens (tertiary/aromatic N) is 1. The highest BCUT2D eigenvalue weighted by Crippen LogP contribution is 2.32. The van der Waals surface area contributed by atoms with E-state index in [0.29, 0.717) is 0 Å². The van der Waals surface area contributed by atoms with Crippen molar-refractivity contribution in [1.82, 2.24) is 0 Å². The second-order valence-corrected chi connectivity index (χ2v) is 4.95. The van der Waals surface area contributed by atoms with Crippen molar-refractivity contribution in [3.8, 4) is 0 Å². The van der Waals surface area contributed by atoms with Gasteiger partial charge in [0.05, 0.1) is 5.69 Å². The lowest BCUT2D eigenvalue weighted by atomic mass is 9.93. The lowest BCUT2D eigenvalue weighted by Crippen LogP contribution is -1.98. The second kappa shape index (κ2) is 4.87. The molecule has 0 saturated carbocycles. The van der Waals surface area contributed by atoms with Crippen molar-refractivity contribution in [3.63, 3.8) is 0 Å². The van der Waals surface area contributed by atoms with Crippen LogP contribution in [-0.4, -0.2) is 5.71 Å². The molecule has 0 amide bonds.